The molecule has 0 radical (unpaired) electrons. The van der Waals surface area contributed by atoms with Crippen molar-refractivity contribution in [2.45, 2.75) is 0 Å². The summed E-state index contributed by atoms with van der Waals surface area (Å²) in [6, 6.07) is 64.1. The van der Waals surface area contributed by atoms with E-state index in [1.807, 2.05) is 47.2 Å². The maximum absolute atomic E-state index is 4.92. The highest BCUT2D eigenvalue weighted by atomic mass is 32.1. The van der Waals surface area contributed by atoms with Gasteiger partial charge in [0.25, 0.3) is 0 Å². The van der Waals surface area contributed by atoms with Crippen molar-refractivity contribution < 1.29 is 0 Å². The van der Waals surface area contributed by atoms with E-state index in [1.165, 1.54) is 20.2 Å². The molecule has 0 N–H and O–H groups in total. The minimum absolute atomic E-state index is 0.883. The zero-order valence-electron chi connectivity index (χ0n) is 30.0. The van der Waals surface area contributed by atoms with E-state index in [9.17, 15) is 0 Å². The van der Waals surface area contributed by atoms with Crippen LogP contribution in [0.3, 0.4) is 0 Å². The number of pyridine rings is 2. The lowest BCUT2D eigenvalue weighted by Crippen LogP contribution is -2.08. The Kier molecular flexibility index (Phi) is 7.75. The van der Waals surface area contributed by atoms with Gasteiger partial charge >= 0.3 is 0 Å². The lowest BCUT2D eigenvalue weighted by Gasteiger charge is -2.23. The molecule has 0 saturated heterocycles. The number of benzene rings is 5. The van der Waals surface area contributed by atoms with Crippen molar-refractivity contribution in [3.8, 4) is 11.6 Å². The molecule has 56 heavy (non-hydrogen) atoms. The van der Waals surface area contributed by atoms with Gasteiger partial charge in [-0.15, -0.1) is 22.7 Å². The maximum atomic E-state index is 4.92. The average Bonchev–Trinajstić information content (AvgIpc) is 4.02. The predicted molar refractivity (Wildman–Crippen MR) is 236 cm³/mol. The standard InChI is InChI=1S/C48H32N6S2/c1-5-17-33(18-6-1)51(34-19-7-2-8-20-34)45-31-41-47(55-45)37-29-40-38(30-39(37)53(41)43-25-13-15-27-49-43)48-42(54(40)44-26-14-16-28-50-44)32-46(56-48)52(35-21-9-3-10-22-35)36-23-11-4-12-24-36/h1-32H. The summed E-state index contributed by atoms with van der Waals surface area (Å²) in [5.41, 5.74) is 8.92. The van der Waals surface area contributed by atoms with Gasteiger partial charge in [0.2, 0.25) is 0 Å². The molecule has 8 heteroatoms. The minimum atomic E-state index is 0.883. The summed E-state index contributed by atoms with van der Waals surface area (Å²) in [6.45, 7) is 0. The molecule has 0 unspecified atom stereocenters. The molecule has 0 aliphatic heterocycles. The zero-order valence-corrected chi connectivity index (χ0v) is 31.6. The molecule has 6 aromatic heterocycles. The number of aromatic nitrogens is 4. The molecule has 0 saturated carbocycles. The predicted octanol–water partition coefficient (Wildman–Crippen LogP) is 13.7. The third-order valence-electron chi connectivity index (χ3n) is 10.2. The molecule has 266 valence electrons. The summed E-state index contributed by atoms with van der Waals surface area (Å²) in [7, 11) is 0. The van der Waals surface area contributed by atoms with Gasteiger partial charge in [0.1, 0.15) is 21.6 Å². The van der Waals surface area contributed by atoms with Gasteiger partial charge in [0.05, 0.1) is 31.5 Å². The van der Waals surface area contributed by atoms with Crippen LogP contribution in [-0.4, -0.2) is 19.1 Å². The van der Waals surface area contributed by atoms with Gasteiger partial charge in [-0.05, 0) is 97.1 Å². The Bertz CT molecular complexity index is 2830. The van der Waals surface area contributed by atoms with Crippen LogP contribution in [0, 0.1) is 0 Å². The quantitative estimate of drug-likeness (QED) is 0.155. The third-order valence-corrected chi connectivity index (χ3v) is 12.5. The SMILES string of the molecule is c1ccc(N(c2ccccc2)c2cc3c(s2)c2cc4c(cc2n3-c2ccccn2)c2sc(N(c3ccccc3)c3ccccc3)cc2n4-c2ccccn2)cc1. The Labute approximate surface area is 331 Å². The first-order valence-corrected chi connectivity index (χ1v) is 20.1. The molecule has 0 aliphatic rings. The van der Waals surface area contributed by atoms with Crippen LogP contribution in [0.25, 0.3) is 53.9 Å². The van der Waals surface area contributed by atoms with E-state index < -0.39 is 0 Å². The number of hydrogen-bond acceptors (Lipinski definition) is 6. The number of fused-ring (bicyclic) bond motifs is 6. The zero-order chi connectivity index (χ0) is 37.0. The van der Waals surface area contributed by atoms with Gasteiger partial charge in [-0.2, -0.15) is 0 Å². The van der Waals surface area contributed by atoms with Crippen LogP contribution in [0.15, 0.2) is 194 Å². The lowest BCUT2D eigenvalue weighted by atomic mass is 10.2. The first kappa shape index (κ1) is 32.4. The Morgan fingerprint density at radius 1 is 0.357 bits per heavy atom. The molecule has 5 aromatic carbocycles. The number of para-hydroxylation sites is 4. The van der Waals surface area contributed by atoms with E-state index in [2.05, 4.69) is 189 Å². The fraction of sp³-hybridized carbons (Fsp3) is 0. The topological polar surface area (TPSA) is 42.1 Å². The van der Waals surface area contributed by atoms with Crippen molar-refractivity contribution in [1.82, 2.24) is 19.1 Å². The number of rotatable bonds is 8. The summed E-state index contributed by atoms with van der Waals surface area (Å²) < 4.78 is 7.07. The third kappa shape index (κ3) is 5.30. The summed E-state index contributed by atoms with van der Waals surface area (Å²) >= 11 is 3.62. The van der Waals surface area contributed by atoms with Gasteiger partial charge in [-0.25, -0.2) is 9.97 Å². The summed E-state index contributed by atoms with van der Waals surface area (Å²) in [4.78, 5) is 14.5. The van der Waals surface area contributed by atoms with Crippen LogP contribution in [0.5, 0.6) is 0 Å². The van der Waals surface area contributed by atoms with E-state index in [0.29, 0.717) is 0 Å². The van der Waals surface area contributed by atoms with Crippen LogP contribution >= 0.6 is 22.7 Å². The van der Waals surface area contributed by atoms with Crippen LogP contribution < -0.4 is 9.80 Å². The fourth-order valence-corrected chi connectivity index (χ4v) is 10.2. The average molecular weight is 757 g/mol. The van der Waals surface area contributed by atoms with Crippen molar-refractivity contribution in [3.05, 3.63) is 194 Å². The highest BCUT2D eigenvalue weighted by Crippen LogP contribution is 2.50. The van der Waals surface area contributed by atoms with Crippen LogP contribution in [-0.2, 0) is 0 Å². The Morgan fingerprint density at radius 3 is 1.02 bits per heavy atom. The molecule has 0 bridgehead atoms. The number of nitrogens with zero attached hydrogens (tertiary/aromatic N) is 6. The molecule has 6 heterocycles. The molecule has 11 aromatic rings. The molecule has 0 fully saturated rings. The molecule has 11 rings (SSSR count). The van der Waals surface area contributed by atoms with Crippen molar-refractivity contribution in [2.24, 2.45) is 0 Å². The number of hydrogen-bond donors (Lipinski definition) is 0. The number of anilines is 6. The van der Waals surface area contributed by atoms with Gasteiger partial charge in [0, 0.05) is 45.9 Å². The molecule has 0 aliphatic carbocycles. The van der Waals surface area contributed by atoms with E-state index in [4.69, 9.17) is 9.97 Å². The van der Waals surface area contributed by atoms with Crippen molar-refractivity contribution in [1.29, 1.82) is 0 Å². The highest BCUT2D eigenvalue weighted by Gasteiger charge is 2.25. The first-order chi connectivity index (χ1) is 27.8. The van der Waals surface area contributed by atoms with Crippen LogP contribution in [0.4, 0.5) is 32.8 Å². The fourth-order valence-electron chi connectivity index (χ4n) is 7.83. The second-order valence-electron chi connectivity index (χ2n) is 13.5. The van der Waals surface area contributed by atoms with Gasteiger partial charge in [0.15, 0.2) is 0 Å². The Hall–Kier alpha value is -7.00. The lowest BCUT2D eigenvalue weighted by molar-refractivity contribution is 1.08. The van der Waals surface area contributed by atoms with Gasteiger partial charge < -0.3 is 9.80 Å². The van der Waals surface area contributed by atoms with E-state index >= 15 is 0 Å². The molecule has 6 nitrogen and oxygen atoms in total. The summed E-state index contributed by atoms with van der Waals surface area (Å²) in [5, 5.41) is 4.61. The monoisotopic (exact) mass is 756 g/mol. The van der Waals surface area contributed by atoms with E-state index in [1.54, 1.807) is 0 Å². The Morgan fingerprint density at radius 2 is 0.696 bits per heavy atom. The van der Waals surface area contributed by atoms with Crippen LogP contribution in [0.2, 0.25) is 0 Å². The minimum Gasteiger partial charge on any atom is -0.302 e. The molecule has 0 amide bonds. The smallest absolute Gasteiger partial charge is 0.137 e. The highest BCUT2D eigenvalue weighted by molar-refractivity contribution is 7.24. The molecular formula is C48H32N6S2. The van der Waals surface area contributed by atoms with Gasteiger partial charge in [-0.1, -0.05) is 84.9 Å². The maximum Gasteiger partial charge on any atom is 0.137 e. The molecule has 0 atom stereocenters. The first-order valence-electron chi connectivity index (χ1n) is 18.5. The number of thiophene rings is 2. The largest absolute Gasteiger partial charge is 0.302 e. The molecule has 0 spiro atoms. The van der Waals surface area contributed by atoms with Crippen LogP contribution in [0.1, 0.15) is 0 Å². The van der Waals surface area contributed by atoms with Crippen molar-refractivity contribution in [2.75, 3.05) is 9.80 Å². The van der Waals surface area contributed by atoms with E-state index in [0.717, 1.165) is 66.5 Å². The van der Waals surface area contributed by atoms with Gasteiger partial charge in [-0.3, -0.25) is 9.13 Å². The second-order valence-corrected chi connectivity index (χ2v) is 15.6. The Balaban J connectivity index is 1.20. The van der Waals surface area contributed by atoms with Crippen molar-refractivity contribution in [3.63, 3.8) is 0 Å². The van der Waals surface area contributed by atoms with E-state index in [-0.39, 0.29) is 0 Å². The summed E-state index contributed by atoms with van der Waals surface area (Å²) in [5.74, 6) is 1.77. The molecular weight excluding hydrogens is 725 g/mol. The summed E-state index contributed by atoms with van der Waals surface area (Å²) in [6.07, 6.45) is 3.75. The normalized spacial score (nSPS) is 11.6. The second kappa shape index (κ2) is 13.4. The van der Waals surface area contributed by atoms with Crippen molar-refractivity contribution >= 4 is 97.7 Å².